The number of ether oxygens (including phenoxy) is 2. The van der Waals surface area contributed by atoms with Crippen molar-refractivity contribution in [3.8, 4) is 11.4 Å². The largest absolute Gasteiger partial charge is 0.378 e. The molecule has 0 radical (unpaired) electrons. The molecule has 1 saturated heterocycles. The van der Waals surface area contributed by atoms with Crippen LogP contribution in [0, 0.1) is 0 Å². The Kier molecular flexibility index (Phi) is 5.09. The van der Waals surface area contributed by atoms with Gasteiger partial charge in [-0.1, -0.05) is 11.3 Å². The number of nitrogens with zero attached hydrogens (tertiary/aromatic N) is 6. The Hall–Kier alpha value is -2.43. The van der Waals surface area contributed by atoms with E-state index in [0.29, 0.717) is 25.0 Å². The molecule has 4 rings (SSSR count). The summed E-state index contributed by atoms with van der Waals surface area (Å²) in [5.41, 5.74) is 1.06. The third-order valence-electron chi connectivity index (χ3n) is 4.71. The van der Waals surface area contributed by atoms with Crippen LogP contribution in [0.15, 0.2) is 12.4 Å². The lowest BCUT2D eigenvalue weighted by Gasteiger charge is -2.28. The van der Waals surface area contributed by atoms with Crippen LogP contribution in [0.1, 0.15) is 18.9 Å². The smallest absolute Gasteiger partial charge is 0.222 e. The second-order valence-electron chi connectivity index (χ2n) is 6.90. The maximum Gasteiger partial charge on any atom is 0.222 e. The first-order valence-electron chi connectivity index (χ1n) is 9.09. The molecule has 0 bridgehead atoms. The first-order valence-corrected chi connectivity index (χ1v) is 9.90. The zero-order valence-corrected chi connectivity index (χ0v) is 17.2. The number of thiazole rings is 1. The van der Waals surface area contributed by atoms with Gasteiger partial charge in [-0.3, -0.25) is 0 Å². The van der Waals surface area contributed by atoms with Gasteiger partial charge in [0.25, 0.3) is 0 Å². The predicted molar refractivity (Wildman–Crippen MR) is 109 cm³/mol. The molecule has 0 unspecified atom stereocenters. The Balaban J connectivity index is 1.86. The summed E-state index contributed by atoms with van der Waals surface area (Å²) in [6.07, 6.45) is 3.45. The van der Waals surface area contributed by atoms with E-state index in [1.165, 1.54) is 11.3 Å². The molecule has 3 aromatic heterocycles. The van der Waals surface area contributed by atoms with Gasteiger partial charge in [-0.15, -0.1) is 0 Å². The standard InChI is InChI=1S/C18H23N7O2S/c1-18(2,26-4)16-22-12-14(25-5-7-27-8-6-25)23-13(24-15(12)28-16)11-9-20-17(19-3)21-10-11/h9-10H,5-8H2,1-4H3,(H,19,20,21). The van der Waals surface area contributed by atoms with E-state index < -0.39 is 5.60 Å². The Labute approximate surface area is 167 Å². The van der Waals surface area contributed by atoms with Gasteiger partial charge in [-0.25, -0.2) is 24.9 Å². The van der Waals surface area contributed by atoms with Crippen molar-refractivity contribution in [2.45, 2.75) is 19.4 Å². The van der Waals surface area contributed by atoms with Crippen LogP contribution >= 0.6 is 11.3 Å². The molecule has 4 heterocycles. The molecule has 0 spiro atoms. The highest BCUT2D eigenvalue weighted by Crippen LogP contribution is 2.36. The van der Waals surface area contributed by atoms with Gasteiger partial charge in [0.2, 0.25) is 5.95 Å². The zero-order chi connectivity index (χ0) is 19.7. The van der Waals surface area contributed by atoms with Crippen molar-refractivity contribution < 1.29 is 9.47 Å². The Morgan fingerprint density at radius 2 is 1.86 bits per heavy atom. The molecule has 0 atom stereocenters. The number of hydrogen-bond donors (Lipinski definition) is 1. The average molecular weight is 401 g/mol. The highest BCUT2D eigenvalue weighted by molar-refractivity contribution is 7.18. The number of fused-ring (bicyclic) bond motifs is 1. The molecule has 1 aliphatic heterocycles. The molecule has 9 nitrogen and oxygen atoms in total. The van der Waals surface area contributed by atoms with E-state index in [9.17, 15) is 0 Å². The van der Waals surface area contributed by atoms with Crippen molar-refractivity contribution in [2.24, 2.45) is 0 Å². The van der Waals surface area contributed by atoms with Crippen LogP contribution in [0.2, 0.25) is 0 Å². The van der Waals surface area contributed by atoms with Crippen molar-refractivity contribution >= 4 is 33.5 Å². The van der Waals surface area contributed by atoms with Gasteiger partial charge in [-0.2, -0.15) is 0 Å². The van der Waals surface area contributed by atoms with Crippen molar-refractivity contribution in [1.82, 2.24) is 24.9 Å². The minimum Gasteiger partial charge on any atom is -0.378 e. The van der Waals surface area contributed by atoms with Gasteiger partial charge in [0.15, 0.2) is 11.6 Å². The van der Waals surface area contributed by atoms with E-state index in [1.54, 1.807) is 26.6 Å². The molecule has 0 saturated carbocycles. The lowest BCUT2D eigenvalue weighted by molar-refractivity contribution is 0.0192. The first kappa shape index (κ1) is 18.9. The van der Waals surface area contributed by atoms with Crippen LogP contribution in [0.4, 0.5) is 11.8 Å². The van der Waals surface area contributed by atoms with Crippen molar-refractivity contribution in [1.29, 1.82) is 0 Å². The van der Waals surface area contributed by atoms with Gasteiger partial charge in [-0.05, 0) is 13.8 Å². The zero-order valence-electron chi connectivity index (χ0n) is 16.4. The van der Waals surface area contributed by atoms with Crippen LogP contribution in [-0.2, 0) is 15.1 Å². The number of anilines is 2. The number of rotatable bonds is 5. The SMILES string of the molecule is CNc1ncc(-c2nc(N3CCOCC3)c3nc(C(C)(C)OC)sc3n2)cn1. The van der Waals surface area contributed by atoms with Crippen molar-refractivity contribution in [2.75, 3.05) is 50.7 Å². The Bertz CT molecular complexity index is 968. The van der Waals surface area contributed by atoms with E-state index in [0.717, 1.165) is 39.8 Å². The van der Waals surface area contributed by atoms with Gasteiger partial charge in [0.05, 0.1) is 18.8 Å². The molecule has 1 aliphatic rings. The molecule has 28 heavy (non-hydrogen) atoms. The van der Waals surface area contributed by atoms with Crippen LogP contribution in [0.3, 0.4) is 0 Å². The summed E-state index contributed by atoms with van der Waals surface area (Å²) in [5.74, 6) is 1.96. The third-order valence-corrected chi connectivity index (χ3v) is 5.96. The summed E-state index contributed by atoms with van der Waals surface area (Å²) in [7, 11) is 3.47. The molecule has 1 N–H and O–H groups in total. The summed E-state index contributed by atoms with van der Waals surface area (Å²) in [6, 6.07) is 0. The molecular formula is C18H23N7O2S. The normalized spacial score (nSPS) is 15.2. The van der Waals surface area contributed by atoms with Crippen LogP contribution in [-0.4, -0.2) is 65.4 Å². The number of nitrogens with one attached hydrogen (secondary N) is 1. The maximum absolute atomic E-state index is 5.62. The van der Waals surface area contributed by atoms with E-state index in [2.05, 4.69) is 20.2 Å². The van der Waals surface area contributed by atoms with Crippen LogP contribution < -0.4 is 10.2 Å². The van der Waals surface area contributed by atoms with E-state index in [1.807, 2.05) is 13.8 Å². The van der Waals surface area contributed by atoms with Crippen LogP contribution in [0.25, 0.3) is 21.7 Å². The molecule has 3 aromatic rings. The fraction of sp³-hybridized carbons (Fsp3) is 0.500. The Morgan fingerprint density at radius 3 is 2.50 bits per heavy atom. The molecule has 10 heteroatoms. The number of hydrogen-bond acceptors (Lipinski definition) is 10. The van der Waals surface area contributed by atoms with E-state index >= 15 is 0 Å². The molecule has 0 aromatic carbocycles. The number of aromatic nitrogens is 5. The van der Waals surface area contributed by atoms with Crippen LogP contribution in [0.5, 0.6) is 0 Å². The summed E-state index contributed by atoms with van der Waals surface area (Å²) < 4.78 is 11.1. The number of morpholine rings is 1. The predicted octanol–water partition coefficient (Wildman–Crippen LogP) is 2.30. The van der Waals surface area contributed by atoms with Gasteiger partial charge >= 0.3 is 0 Å². The second kappa shape index (κ2) is 7.53. The third kappa shape index (κ3) is 3.50. The monoisotopic (exact) mass is 401 g/mol. The summed E-state index contributed by atoms with van der Waals surface area (Å²) in [4.78, 5) is 26.0. The summed E-state index contributed by atoms with van der Waals surface area (Å²) in [6.45, 7) is 6.86. The van der Waals surface area contributed by atoms with Gasteiger partial charge in [0, 0.05) is 39.6 Å². The molecule has 0 aliphatic carbocycles. The first-order chi connectivity index (χ1) is 13.5. The van der Waals surface area contributed by atoms with E-state index in [-0.39, 0.29) is 0 Å². The lowest BCUT2D eigenvalue weighted by atomic mass is 10.1. The van der Waals surface area contributed by atoms with Crippen molar-refractivity contribution in [3.05, 3.63) is 17.4 Å². The minimum atomic E-state index is -0.495. The summed E-state index contributed by atoms with van der Waals surface area (Å²) in [5, 5.41) is 3.79. The topological polar surface area (TPSA) is 98.2 Å². The highest BCUT2D eigenvalue weighted by atomic mass is 32.1. The van der Waals surface area contributed by atoms with Gasteiger partial charge < -0.3 is 19.7 Å². The van der Waals surface area contributed by atoms with Crippen molar-refractivity contribution in [3.63, 3.8) is 0 Å². The average Bonchev–Trinajstić information content (AvgIpc) is 3.19. The second-order valence-corrected chi connectivity index (χ2v) is 7.88. The fourth-order valence-corrected chi connectivity index (χ4v) is 3.87. The highest BCUT2D eigenvalue weighted by Gasteiger charge is 2.28. The lowest BCUT2D eigenvalue weighted by Crippen LogP contribution is -2.37. The maximum atomic E-state index is 5.62. The summed E-state index contributed by atoms with van der Waals surface area (Å²) >= 11 is 1.53. The van der Waals surface area contributed by atoms with Gasteiger partial charge in [0.1, 0.15) is 21.0 Å². The molecule has 1 fully saturated rings. The number of methoxy groups -OCH3 is 1. The Morgan fingerprint density at radius 1 is 1.14 bits per heavy atom. The quantitative estimate of drug-likeness (QED) is 0.690. The fourth-order valence-electron chi connectivity index (χ4n) is 2.85. The van der Waals surface area contributed by atoms with E-state index in [4.69, 9.17) is 24.4 Å². The minimum absolute atomic E-state index is 0.495. The molecule has 148 valence electrons. The molecule has 0 amide bonds. The molecular weight excluding hydrogens is 378 g/mol.